The molecule has 4 heteroatoms. The third kappa shape index (κ3) is 4.23. The van der Waals surface area contributed by atoms with Gasteiger partial charge in [-0.05, 0) is 51.4 Å². The second-order valence-electron chi connectivity index (χ2n) is 5.64. The second-order valence-corrected chi connectivity index (χ2v) is 6.93. The van der Waals surface area contributed by atoms with E-state index in [1.165, 1.54) is 12.8 Å². The van der Waals surface area contributed by atoms with E-state index in [4.69, 9.17) is 4.74 Å². The van der Waals surface area contributed by atoms with Gasteiger partial charge in [-0.1, -0.05) is 15.9 Å². The Morgan fingerprint density at radius 3 is 2.56 bits per heavy atom. The number of nitrogens with one attached hydrogen (secondary N) is 1. The number of carbonyl (C=O) groups is 1. The summed E-state index contributed by atoms with van der Waals surface area (Å²) in [4.78, 5) is 12.6. The molecule has 0 unspecified atom stereocenters. The van der Waals surface area contributed by atoms with Gasteiger partial charge in [0, 0.05) is 23.9 Å². The molecule has 2 rings (SSSR count). The zero-order valence-corrected chi connectivity index (χ0v) is 12.7. The van der Waals surface area contributed by atoms with Crippen LogP contribution in [0.1, 0.15) is 51.9 Å². The molecule has 0 bridgehead atoms. The van der Waals surface area contributed by atoms with Crippen LogP contribution in [0.2, 0.25) is 0 Å². The number of alkyl halides is 1. The first kappa shape index (κ1) is 14.3. The largest absolute Gasteiger partial charge is 0.378 e. The number of amides is 1. The number of halogens is 1. The van der Waals surface area contributed by atoms with Crippen molar-refractivity contribution in [2.45, 2.75) is 68.8 Å². The Bertz CT molecular complexity index is 271. The van der Waals surface area contributed by atoms with Gasteiger partial charge in [-0.2, -0.15) is 0 Å². The summed E-state index contributed by atoms with van der Waals surface area (Å²) < 4.78 is 5.51. The van der Waals surface area contributed by atoms with Gasteiger partial charge in [0.15, 0.2) is 0 Å². The fourth-order valence-corrected chi connectivity index (χ4v) is 3.49. The summed E-state index contributed by atoms with van der Waals surface area (Å²) in [6.45, 7) is 2.82. The van der Waals surface area contributed by atoms with E-state index in [1.54, 1.807) is 0 Å². The Labute approximate surface area is 118 Å². The molecular weight excluding hydrogens is 294 g/mol. The first-order chi connectivity index (χ1) is 8.67. The highest BCUT2D eigenvalue weighted by Crippen LogP contribution is 2.32. The highest BCUT2D eigenvalue weighted by atomic mass is 79.9. The molecule has 0 saturated heterocycles. The molecule has 0 aromatic heterocycles. The summed E-state index contributed by atoms with van der Waals surface area (Å²) in [5.74, 6) is 0.794. The SMILES string of the molecule is CCOC1CC(CC(=O)NC2CCC(Br)CC2)C1. The topological polar surface area (TPSA) is 38.3 Å². The van der Waals surface area contributed by atoms with Gasteiger partial charge in [0.2, 0.25) is 5.91 Å². The third-order valence-electron chi connectivity index (χ3n) is 4.09. The van der Waals surface area contributed by atoms with E-state index in [1.807, 2.05) is 6.92 Å². The van der Waals surface area contributed by atoms with Crippen LogP contribution in [-0.2, 0) is 9.53 Å². The summed E-state index contributed by atoms with van der Waals surface area (Å²) in [6.07, 6.45) is 7.84. The van der Waals surface area contributed by atoms with Crippen molar-refractivity contribution in [1.82, 2.24) is 5.32 Å². The van der Waals surface area contributed by atoms with Crippen LogP contribution in [0.5, 0.6) is 0 Å². The third-order valence-corrected chi connectivity index (χ3v) is 5.01. The van der Waals surface area contributed by atoms with Crippen LogP contribution in [0.15, 0.2) is 0 Å². The molecule has 0 spiro atoms. The maximum atomic E-state index is 11.9. The molecule has 18 heavy (non-hydrogen) atoms. The Hall–Kier alpha value is -0.0900. The van der Waals surface area contributed by atoms with Crippen LogP contribution < -0.4 is 5.32 Å². The second kappa shape index (κ2) is 6.90. The predicted molar refractivity (Wildman–Crippen MR) is 75.9 cm³/mol. The summed E-state index contributed by atoms with van der Waals surface area (Å²) in [6, 6.07) is 0.411. The maximum Gasteiger partial charge on any atom is 0.220 e. The molecule has 0 heterocycles. The highest BCUT2D eigenvalue weighted by Gasteiger charge is 2.31. The number of ether oxygens (including phenoxy) is 1. The maximum absolute atomic E-state index is 11.9. The van der Waals surface area contributed by atoms with Gasteiger partial charge in [-0.15, -0.1) is 0 Å². The molecule has 0 atom stereocenters. The average Bonchev–Trinajstić information content (AvgIpc) is 2.29. The molecule has 0 radical (unpaired) electrons. The number of hydrogen-bond acceptors (Lipinski definition) is 2. The van der Waals surface area contributed by atoms with Crippen molar-refractivity contribution in [3.63, 3.8) is 0 Å². The van der Waals surface area contributed by atoms with Crippen molar-refractivity contribution >= 4 is 21.8 Å². The molecular formula is C14H24BrNO2. The van der Waals surface area contributed by atoms with E-state index in [9.17, 15) is 4.79 Å². The van der Waals surface area contributed by atoms with Crippen LogP contribution >= 0.6 is 15.9 Å². The number of hydrogen-bond donors (Lipinski definition) is 1. The molecule has 1 amide bonds. The van der Waals surface area contributed by atoms with Crippen LogP contribution in [0.3, 0.4) is 0 Å². The van der Waals surface area contributed by atoms with E-state index in [0.29, 0.717) is 29.3 Å². The quantitative estimate of drug-likeness (QED) is 0.791. The fourth-order valence-electron chi connectivity index (χ4n) is 2.96. The van der Waals surface area contributed by atoms with E-state index in [0.717, 1.165) is 32.3 Å². The zero-order valence-electron chi connectivity index (χ0n) is 11.2. The summed E-state index contributed by atoms with van der Waals surface area (Å²) >= 11 is 3.64. The molecule has 2 fully saturated rings. The monoisotopic (exact) mass is 317 g/mol. The fraction of sp³-hybridized carbons (Fsp3) is 0.929. The van der Waals surface area contributed by atoms with Crippen molar-refractivity contribution in [2.75, 3.05) is 6.61 Å². The molecule has 2 aliphatic carbocycles. The van der Waals surface area contributed by atoms with E-state index >= 15 is 0 Å². The van der Waals surface area contributed by atoms with Crippen molar-refractivity contribution in [2.24, 2.45) is 5.92 Å². The van der Waals surface area contributed by atoms with Gasteiger partial charge in [-0.25, -0.2) is 0 Å². The lowest BCUT2D eigenvalue weighted by atomic mass is 9.79. The van der Waals surface area contributed by atoms with Crippen LogP contribution in [0.4, 0.5) is 0 Å². The summed E-state index contributed by atoms with van der Waals surface area (Å²) in [5, 5.41) is 3.18. The van der Waals surface area contributed by atoms with E-state index in [2.05, 4.69) is 21.2 Å². The average molecular weight is 318 g/mol. The molecule has 0 aromatic rings. The molecule has 3 nitrogen and oxygen atoms in total. The Morgan fingerprint density at radius 1 is 1.28 bits per heavy atom. The first-order valence-corrected chi connectivity index (χ1v) is 8.14. The van der Waals surface area contributed by atoms with Crippen molar-refractivity contribution in [3.05, 3.63) is 0 Å². The van der Waals surface area contributed by atoms with Crippen molar-refractivity contribution in [3.8, 4) is 0 Å². The van der Waals surface area contributed by atoms with Gasteiger partial charge in [0.25, 0.3) is 0 Å². The molecule has 0 aromatic carbocycles. The van der Waals surface area contributed by atoms with Gasteiger partial charge >= 0.3 is 0 Å². The van der Waals surface area contributed by atoms with Crippen molar-refractivity contribution < 1.29 is 9.53 Å². The Kier molecular flexibility index (Phi) is 5.49. The Morgan fingerprint density at radius 2 is 1.94 bits per heavy atom. The minimum atomic E-state index is 0.243. The lowest BCUT2D eigenvalue weighted by Gasteiger charge is -2.35. The molecule has 0 aliphatic heterocycles. The lowest BCUT2D eigenvalue weighted by Crippen LogP contribution is -2.41. The number of rotatable bonds is 5. The van der Waals surface area contributed by atoms with Gasteiger partial charge in [0.05, 0.1) is 6.10 Å². The summed E-state index contributed by atoms with van der Waals surface area (Å²) in [7, 11) is 0. The molecule has 2 aliphatic rings. The lowest BCUT2D eigenvalue weighted by molar-refractivity contribution is -0.125. The van der Waals surface area contributed by atoms with Crippen LogP contribution in [0, 0.1) is 5.92 Å². The summed E-state index contributed by atoms with van der Waals surface area (Å²) in [5.41, 5.74) is 0. The van der Waals surface area contributed by atoms with Gasteiger partial charge < -0.3 is 10.1 Å². The van der Waals surface area contributed by atoms with Gasteiger partial charge in [0.1, 0.15) is 0 Å². The first-order valence-electron chi connectivity index (χ1n) is 7.22. The standard InChI is InChI=1S/C14H24BrNO2/c1-2-18-13-7-10(8-13)9-14(17)16-12-5-3-11(15)4-6-12/h10-13H,2-9H2,1H3,(H,16,17). The predicted octanol–water partition coefficient (Wildman–Crippen LogP) is 3.01. The molecule has 104 valence electrons. The van der Waals surface area contributed by atoms with Crippen LogP contribution in [0.25, 0.3) is 0 Å². The number of carbonyl (C=O) groups excluding carboxylic acids is 1. The molecule has 1 N–H and O–H groups in total. The normalized spacial score (nSPS) is 35.9. The Balaban J connectivity index is 1.59. The highest BCUT2D eigenvalue weighted by molar-refractivity contribution is 9.09. The van der Waals surface area contributed by atoms with Gasteiger partial charge in [-0.3, -0.25) is 4.79 Å². The molecule has 2 saturated carbocycles. The minimum absolute atomic E-state index is 0.243. The van der Waals surface area contributed by atoms with Crippen LogP contribution in [-0.4, -0.2) is 29.5 Å². The van der Waals surface area contributed by atoms with E-state index in [-0.39, 0.29) is 5.91 Å². The smallest absolute Gasteiger partial charge is 0.220 e. The van der Waals surface area contributed by atoms with E-state index < -0.39 is 0 Å². The zero-order chi connectivity index (χ0) is 13.0. The minimum Gasteiger partial charge on any atom is -0.378 e. The van der Waals surface area contributed by atoms with Crippen molar-refractivity contribution in [1.29, 1.82) is 0 Å².